The van der Waals surface area contributed by atoms with Gasteiger partial charge in [0.2, 0.25) is 0 Å². The van der Waals surface area contributed by atoms with Gasteiger partial charge in [-0.15, -0.1) is 11.3 Å². The summed E-state index contributed by atoms with van der Waals surface area (Å²) in [6.07, 6.45) is 2.80. The van der Waals surface area contributed by atoms with E-state index in [1.165, 1.54) is 4.88 Å². The van der Waals surface area contributed by atoms with Gasteiger partial charge >= 0.3 is 0 Å². The van der Waals surface area contributed by atoms with Gasteiger partial charge < -0.3 is 5.32 Å². The van der Waals surface area contributed by atoms with Gasteiger partial charge in [0.15, 0.2) is 0 Å². The summed E-state index contributed by atoms with van der Waals surface area (Å²) < 4.78 is 2.16. The average molecular weight is 376 g/mol. The van der Waals surface area contributed by atoms with Crippen LogP contribution in [0.3, 0.4) is 0 Å². The van der Waals surface area contributed by atoms with Crippen LogP contribution in [0.15, 0.2) is 38.7 Å². The zero-order chi connectivity index (χ0) is 12.3. The summed E-state index contributed by atoms with van der Waals surface area (Å²) in [5, 5.41) is 5.42. The lowest BCUT2D eigenvalue weighted by Gasteiger charge is -2.14. The van der Waals surface area contributed by atoms with Crippen LogP contribution in [0.2, 0.25) is 0 Å². The van der Waals surface area contributed by atoms with Gasteiger partial charge in [0.05, 0.1) is 11.7 Å². The molecule has 2 rings (SSSR count). The van der Waals surface area contributed by atoms with Crippen LogP contribution in [0.4, 0.5) is 0 Å². The Kier molecular flexibility index (Phi) is 4.73. The molecule has 0 saturated heterocycles. The van der Waals surface area contributed by atoms with Crippen LogP contribution in [0.25, 0.3) is 0 Å². The first-order valence-corrected chi connectivity index (χ1v) is 7.67. The summed E-state index contributed by atoms with van der Waals surface area (Å²) >= 11 is 8.64. The van der Waals surface area contributed by atoms with Crippen molar-refractivity contribution in [3.05, 3.63) is 49.3 Å². The summed E-state index contributed by atoms with van der Waals surface area (Å²) in [7, 11) is 1.97. The van der Waals surface area contributed by atoms with Crippen molar-refractivity contribution in [2.75, 3.05) is 7.05 Å². The van der Waals surface area contributed by atoms with Crippen molar-refractivity contribution in [2.45, 2.75) is 12.5 Å². The van der Waals surface area contributed by atoms with E-state index in [9.17, 15) is 0 Å². The molecule has 0 fully saturated rings. The van der Waals surface area contributed by atoms with E-state index in [0.717, 1.165) is 21.1 Å². The van der Waals surface area contributed by atoms with E-state index in [1.54, 1.807) is 11.3 Å². The quantitative estimate of drug-likeness (QED) is 0.867. The third kappa shape index (κ3) is 3.61. The molecule has 5 heteroatoms. The van der Waals surface area contributed by atoms with E-state index in [0.29, 0.717) is 0 Å². The van der Waals surface area contributed by atoms with Gasteiger partial charge in [-0.3, -0.25) is 4.98 Å². The number of halogens is 2. The number of aromatic nitrogens is 1. The topological polar surface area (TPSA) is 24.9 Å². The van der Waals surface area contributed by atoms with Crippen molar-refractivity contribution in [1.29, 1.82) is 0 Å². The first kappa shape index (κ1) is 13.2. The zero-order valence-electron chi connectivity index (χ0n) is 9.28. The minimum Gasteiger partial charge on any atom is -0.311 e. The maximum Gasteiger partial charge on any atom is 0.0577 e. The molecule has 0 spiro atoms. The molecule has 2 heterocycles. The predicted octanol–water partition coefficient (Wildman–Crippen LogP) is 4.17. The molecule has 2 nitrogen and oxygen atoms in total. The number of nitrogens with zero attached hydrogens (tertiary/aromatic N) is 1. The number of hydrogen-bond acceptors (Lipinski definition) is 3. The Morgan fingerprint density at radius 3 is 2.71 bits per heavy atom. The highest BCUT2D eigenvalue weighted by molar-refractivity contribution is 9.10. The Morgan fingerprint density at radius 2 is 2.18 bits per heavy atom. The third-order valence-electron chi connectivity index (χ3n) is 2.48. The molecular formula is C12H12Br2N2S. The summed E-state index contributed by atoms with van der Waals surface area (Å²) in [5.74, 6) is 0. The largest absolute Gasteiger partial charge is 0.311 e. The second-order valence-corrected chi connectivity index (χ2v) is 6.51. The molecule has 90 valence electrons. The fraction of sp³-hybridized carbons (Fsp3) is 0.250. The molecular weight excluding hydrogens is 364 g/mol. The van der Waals surface area contributed by atoms with E-state index < -0.39 is 0 Å². The highest BCUT2D eigenvalue weighted by atomic mass is 79.9. The highest BCUT2D eigenvalue weighted by Gasteiger charge is 2.12. The molecule has 17 heavy (non-hydrogen) atoms. The smallest absolute Gasteiger partial charge is 0.0577 e. The average Bonchev–Trinajstić information content (AvgIpc) is 2.73. The molecule has 0 aromatic carbocycles. The molecule has 1 atom stereocenters. The second kappa shape index (κ2) is 6.09. The minimum atomic E-state index is 0.258. The van der Waals surface area contributed by atoms with Crippen LogP contribution in [0.5, 0.6) is 0 Å². The number of hydrogen-bond donors (Lipinski definition) is 1. The van der Waals surface area contributed by atoms with Gasteiger partial charge in [-0.2, -0.15) is 0 Å². The van der Waals surface area contributed by atoms with Crippen molar-refractivity contribution in [1.82, 2.24) is 10.3 Å². The van der Waals surface area contributed by atoms with Crippen molar-refractivity contribution in [2.24, 2.45) is 0 Å². The molecule has 0 radical (unpaired) electrons. The van der Waals surface area contributed by atoms with Crippen LogP contribution >= 0.6 is 43.2 Å². The normalized spacial score (nSPS) is 12.6. The molecule has 0 saturated carbocycles. The SMILES string of the molecule is CNC(Cc1cc(Br)cs1)c1ccc(Br)cn1. The summed E-state index contributed by atoms with van der Waals surface area (Å²) in [5.41, 5.74) is 1.07. The second-order valence-electron chi connectivity index (χ2n) is 3.68. The maximum atomic E-state index is 4.44. The summed E-state index contributed by atoms with van der Waals surface area (Å²) in [6, 6.07) is 6.49. The van der Waals surface area contributed by atoms with Crippen LogP contribution in [-0.4, -0.2) is 12.0 Å². The standard InChI is InChI=1S/C12H12Br2N2S/c1-15-12(5-10-4-9(14)7-17-10)11-3-2-8(13)6-16-11/h2-4,6-7,12,15H,5H2,1H3. The maximum absolute atomic E-state index is 4.44. The summed E-state index contributed by atoms with van der Waals surface area (Å²) in [6.45, 7) is 0. The Morgan fingerprint density at radius 1 is 1.35 bits per heavy atom. The van der Waals surface area contributed by atoms with Gasteiger partial charge in [-0.25, -0.2) is 0 Å². The van der Waals surface area contributed by atoms with Crippen LogP contribution in [0, 0.1) is 0 Å². The fourth-order valence-electron chi connectivity index (χ4n) is 1.61. The molecule has 1 N–H and O–H groups in total. The molecule has 0 aliphatic heterocycles. The first-order valence-electron chi connectivity index (χ1n) is 5.20. The van der Waals surface area contributed by atoms with E-state index in [4.69, 9.17) is 0 Å². The van der Waals surface area contributed by atoms with Crippen LogP contribution in [0.1, 0.15) is 16.6 Å². The number of thiophene rings is 1. The molecule has 0 bridgehead atoms. The number of nitrogens with one attached hydrogen (secondary N) is 1. The molecule has 0 amide bonds. The predicted molar refractivity (Wildman–Crippen MR) is 79.5 cm³/mol. The lowest BCUT2D eigenvalue weighted by molar-refractivity contribution is 0.580. The molecule has 2 aromatic heterocycles. The van der Waals surface area contributed by atoms with Crippen molar-refractivity contribution < 1.29 is 0 Å². The molecule has 1 unspecified atom stereocenters. The minimum absolute atomic E-state index is 0.258. The van der Waals surface area contributed by atoms with E-state index in [2.05, 4.69) is 53.6 Å². The van der Waals surface area contributed by atoms with Gasteiger partial charge in [0, 0.05) is 31.8 Å². The van der Waals surface area contributed by atoms with E-state index >= 15 is 0 Å². The number of likely N-dealkylation sites (N-methyl/N-ethyl adjacent to an activating group) is 1. The Hall–Kier alpha value is -0.230. The van der Waals surface area contributed by atoms with E-state index in [-0.39, 0.29) is 6.04 Å². The summed E-state index contributed by atoms with van der Waals surface area (Å²) in [4.78, 5) is 5.78. The molecule has 0 aliphatic carbocycles. The molecule has 2 aromatic rings. The zero-order valence-corrected chi connectivity index (χ0v) is 13.3. The Balaban J connectivity index is 2.13. The monoisotopic (exact) mass is 374 g/mol. The number of pyridine rings is 1. The lowest BCUT2D eigenvalue weighted by atomic mass is 10.1. The van der Waals surface area contributed by atoms with Crippen molar-refractivity contribution in [3.8, 4) is 0 Å². The van der Waals surface area contributed by atoms with Gasteiger partial charge in [-0.1, -0.05) is 0 Å². The highest BCUT2D eigenvalue weighted by Crippen LogP contribution is 2.25. The first-order chi connectivity index (χ1) is 8.19. The third-order valence-corrected chi connectivity index (χ3v) is 4.67. The number of rotatable bonds is 4. The van der Waals surface area contributed by atoms with Crippen molar-refractivity contribution >= 4 is 43.2 Å². The van der Waals surface area contributed by atoms with E-state index in [1.807, 2.05) is 25.4 Å². The van der Waals surface area contributed by atoms with Gasteiger partial charge in [-0.05, 0) is 57.1 Å². The fourth-order valence-corrected chi connectivity index (χ4v) is 3.34. The molecule has 0 aliphatic rings. The Labute approximate surface area is 122 Å². The van der Waals surface area contributed by atoms with Crippen LogP contribution < -0.4 is 5.32 Å². The van der Waals surface area contributed by atoms with Gasteiger partial charge in [0.1, 0.15) is 0 Å². The Bertz CT molecular complexity index is 482. The lowest BCUT2D eigenvalue weighted by Crippen LogP contribution is -2.19. The van der Waals surface area contributed by atoms with Crippen LogP contribution in [-0.2, 0) is 6.42 Å². The van der Waals surface area contributed by atoms with Gasteiger partial charge in [0.25, 0.3) is 0 Å². The van der Waals surface area contributed by atoms with Crippen molar-refractivity contribution in [3.63, 3.8) is 0 Å².